The molecule has 0 saturated carbocycles. The summed E-state index contributed by atoms with van der Waals surface area (Å²) >= 11 is 3.23. The van der Waals surface area contributed by atoms with Gasteiger partial charge in [-0.2, -0.15) is 5.10 Å². The van der Waals surface area contributed by atoms with E-state index >= 15 is 0 Å². The first kappa shape index (κ1) is 16.9. The van der Waals surface area contributed by atoms with Crippen LogP contribution < -0.4 is 11.1 Å². The summed E-state index contributed by atoms with van der Waals surface area (Å²) in [7, 11) is 0. The first-order valence-electron chi connectivity index (χ1n) is 6.96. The molecule has 7 nitrogen and oxygen atoms in total. The summed E-state index contributed by atoms with van der Waals surface area (Å²) in [5.41, 5.74) is 8.38. The van der Waals surface area contributed by atoms with Gasteiger partial charge in [-0.05, 0) is 27.2 Å². The van der Waals surface area contributed by atoms with Crippen LogP contribution in [0.2, 0.25) is 0 Å². The van der Waals surface area contributed by atoms with Gasteiger partial charge in [0.1, 0.15) is 11.0 Å². The molecular formula is C13H20N6OS2. The Balaban J connectivity index is 1.71. The van der Waals surface area contributed by atoms with Crippen LogP contribution in [-0.2, 0) is 4.79 Å². The van der Waals surface area contributed by atoms with Gasteiger partial charge in [-0.15, -0.1) is 10.2 Å². The van der Waals surface area contributed by atoms with Crippen molar-refractivity contribution in [3.8, 4) is 0 Å². The fourth-order valence-electron chi connectivity index (χ4n) is 2.04. The summed E-state index contributed by atoms with van der Waals surface area (Å²) in [6.45, 7) is 6.23. The molecular weight excluding hydrogens is 320 g/mol. The van der Waals surface area contributed by atoms with E-state index in [0.717, 1.165) is 38.5 Å². The average molecular weight is 340 g/mol. The average Bonchev–Trinajstić information content (AvgIpc) is 3.04. The number of carbonyl (C=O) groups excluding carboxylic acids is 1. The Kier molecular flexibility index (Phi) is 5.92. The number of amides is 1. The number of hydrogen-bond donors (Lipinski definition) is 3. The summed E-state index contributed by atoms with van der Waals surface area (Å²) in [6.07, 6.45) is 0.852. The van der Waals surface area contributed by atoms with Crippen LogP contribution in [0.5, 0.6) is 0 Å². The molecule has 2 heterocycles. The van der Waals surface area contributed by atoms with Gasteiger partial charge in [-0.3, -0.25) is 9.89 Å². The minimum Gasteiger partial charge on any atom is -0.354 e. The second-order valence-electron chi connectivity index (χ2n) is 4.91. The van der Waals surface area contributed by atoms with Gasteiger partial charge < -0.3 is 11.1 Å². The van der Waals surface area contributed by atoms with E-state index in [2.05, 4.69) is 25.7 Å². The number of nitrogens with two attached hydrogens (primary N) is 1. The Labute approximate surface area is 137 Å². The van der Waals surface area contributed by atoms with Gasteiger partial charge in [-0.1, -0.05) is 23.1 Å². The molecule has 0 fully saturated rings. The normalized spacial score (nSPS) is 12.4. The topological polar surface area (TPSA) is 110 Å². The smallest absolute Gasteiger partial charge is 0.241 e. The summed E-state index contributed by atoms with van der Waals surface area (Å²) < 4.78 is 0.963. The summed E-state index contributed by atoms with van der Waals surface area (Å²) in [5, 5.41) is 18.7. The fourth-order valence-corrected chi connectivity index (χ4v) is 3.86. The van der Waals surface area contributed by atoms with E-state index in [1.807, 2.05) is 20.8 Å². The third kappa shape index (κ3) is 4.28. The Bertz CT molecular complexity index is 619. The molecule has 2 rings (SSSR count). The molecule has 0 spiro atoms. The number of H-pyrrole nitrogens is 1. The van der Waals surface area contributed by atoms with Crippen molar-refractivity contribution in [3.63, 3.8) is 0 Å². The number of aromatic nitrogens is 4. The van der Waals surface area contributed by atoms with Crippen LogP contribution in [0.4, 0.5) is 0 Å². The standard InChI is InChI=1S/C13H20N6OS2/c1-7-10(8(2)17-16-7)11(14)12(20)15-5-4-6-21-13-19-18-9(3)22-13/h11H,4-6,14H2,1-3H3,(H,15,20)(H,16,17)/t11-/m1/s1. The molecule has 4 N–H and O–H groups in total. The Morgan fingerprint density at radius 2 is 2.18 bits per heavy atom. The summed E-state index contributed by atoms with van der Waals surface area (Å²) in [4.78, 5) is 12.1. The van der Waals surface area contributed by atoms with Gasteiger partial charge in [-0.25, -0.2) is 0 Å². The van der Waals surface area contributed by atoms with Gasteiger partial charge in [0.15, 0.2) is 4.34 Å². The molecule has 0 aliphatic rings. The highest BCUT2D eigenvalue weighted by molar-refractivity contribution is 8.01. The van der Waals surface area contributed by atoms with Gasteiger partial charge in [0, 0.05) is 23.6 Å². The highest BCUT2D eigenvalue weighted by Crippen LogP contribution is 2.22. The molecule has 0 aliphatic carbocycles. The third-order valence-electron chi connectivity index (χ3n) is 3.13. The lowest BCUT2D eigenvalue weighted by atomic mass is 10.1. The van der Waals surface area contributed by atoms with Crippen molar-refractivity contribution in [2.75, 3.05) is 12.3 Å². The maximum absolute atomic E-state index is 12.1. The van der Waals surface area contributed by atoms with Crippen molar-refractivity contribution in [1.82, 2.24) is 25.7 Å². The highest BCUT2D eigenvalue weighted by Gasteiger charge is 2.21. The molecule has 0 radical (unpaired) electrons. The van der Waals surface area contributed by atoms with E-state index in [1.165, 1.54) is 0 Å². The number of aryl methyl sites for hydroxylation is 3. The van der Waals surface area contributed by atoms with E-state index in [-0.39, 0.29) is 5.91 Å². The predicted molar refractivity (Wildman–Crippen MR) is 88.0 cm³/mol. The fraction of sp³-hybridized carbons (Fsp3) is 0.538. The quantitative estimate of drug-likeness (QED) is 0.520. The van der Waals surface area contributed by atoms with Crippen molar-refractivity contribution >= 4 is 29.0 Å². The van der Waals surface area contributed by atoms with E-state index in [0.29, 0.717) is 6.54 Å². The van der Waals surface area contributed by atoms with E-state index in [1.54, 1.807) is 23.1 Å². The monoisotopic (exact) mass is 340 g/mol. The Morgan fingerprint density at radius 1 is 1.41 bits per heavy atom. The lowest BCUT2D eigenvalue weighted by molar-refractivity contribution is -0.122. The van der Waals surface area contributed by atoms with Gasteiger partial charge in [0.25, 0.3) is 0 Å². The molecule has 2 aromatic heterocycles. The van der Waals surface area contributed by atoms with Crippen molar-refractivity contribution in [2.24, 2.45) is 5.73 Å². The van der Waals surface area contributed by atoms with Gasteiger partial charge in [0.05, 0.1) is 5.69 Å². The van der Waals surface area contributed by atoms with E-state index in [4.69, 9.17) is 5.73 Å². The van der Waals surface area contributed by atoms with Gasteiger partial charge >= 0.3 is 0 Å². The zero-order chi connectivity index (χ0) is 16.1. The van der Waals surface area contributed by atoms with Crippen LogP contribution in [-0.4, -0.2) is 38.6 Å². The molecule has 1 atom stereocenters. The van der Waals surface area contributed by atoms with Crippen molar-refractivity contribution < 1.29 is 4.79 Å². The summed E-state index contributed by atoms with van der Waals surface area (Å²) in [6, 6.07) is -0.683. The molecule has 0 saturated heterocycles. The number of aromatic amines is 1. The minimum atomic E-state index is -0.683. The molecule has 0 bridgehead atoms. The maximum Gasteiger partial charge on any atom is 0.241 e. The van der Waals surface area contributed by atoms with Crippen LogP contribution in [0.15, 0.2) is 4.34 Å². The second kappa shape index (κ2) is 7.70. The number of thioether (sulfide) groups is 1. The number of rotatable bonds is 7. The zero-order valence-electron chi connectivity index (χ0n) is 12.8. The molecule has 0 unspecified atom stereocenters. The number of nitrogens with zero attached hydrogens (tertiary/aromatic N) is 3. The van der Waals surface area contributed by atoms with Gasteiger partial charge in [0.2, 0.25) is 5.91 Å². The molecule has 0 aromatic carbocycles. The maximum atomic E-state index is 12.1. The molecule has 0 aliphatic heterocycles. The van der Waals surface area contributed by atoms with E-state index in [9.17, 15) is 4.79 Å². The van der Waals surface area contributed by atoms with Crippen LogP contribution in [0.25, 0.3) is 0 Å². The largest absolute Gasteiger partial charge is 0.354 e. The third-order valence-corrected chi connectivity index (χ3v) is 5.19. The molecule has 9 heteroatoms. The number of carbonyl (C=O) groups is 1. The molecule has 2 aromatic rings. The number of nitrogens with one attached hydrogen (secondary N) is 2. The van der Waals surface area contributed by atoms with Crippen LogP contribution in [0, 0.1) is 20.8 Å². The summed E-state index contributed by atoms with van der Waals surface area (Å²) in [5.74, 6) is 0.706. The van der Waals surface area contributed by atoms with Crippen molar-refractivity contribution in [3.05, 3.63) is 22.0 Å². The first-order chi connectivity index (χ1) is 10.5. The van der Waals surface area contributed by atoms with Crippen LogP contribution in [0.1, 0.15) is 34.4 Å². The minimum absolute atomic E-state index is 0.177. The lowest BCUT2D eigenvalue weighted by Crippen LogP contribution is -2.35. The Morgan fingerprint density at radius 3 is 2.77 bits per heavy atom. The predicted octanol–water partition coefficient (Wildman–Crippen LogP) is 1.48. The molecule has 1 amide bonds. The van der Waals surface area contributed by atoms with Crippen molar-refractivity contribution in [1.29, 1.82) is 0 Å². The zero-order valence-corrected chi connectivity index (χ0v) is 14.5. The first-order valence-corrected chi connectivity index (χ1v) is 8.77. The second-order valence-corrected chi connectivity index (χ2v) is 7.43. The van der Waals surface area contributed by atoms with Crippen LogP contribution >= 0.6 is 23.1 Å². The highest BCUT2D eigenvalue weighted by atomic mass is 32.2. The van der Waals surface area contributed by atoms with Crippen LogP contribution in [0.3, 0.4) is 0 Å². The molecule has 120 valence electrons. The SMILES string of the molecule is Cc1nnc(SCCCNC(=O)[C@H](N)c2c(C)n[nH]c2C)s1. The van der Waals surface area contributed by atoms with E-state index < -0.39 is 6.04 Å². The lowest BCUT2D eigenvalue weighted by Gasteiger charge is -2.12. The Hall–Kier alpha value is -1.45. The van der Waals surface area contributed by atoms with Crippen molar-refractivity contribution in [2.45, 2.75) is 37.6 Å². The molecule has 22 heavy (non-hydrogen) atoms. The number of hydrogen-bond acceptors (Lipinski definition) is 7.